The molecule has 0 spiro atoms. The summed E-state index contributed by atoms with van der Waals surface area (Å²) in [6.07, 6.45) is 2.81. The van der Waals surface area contributed by atoms with Gasteiger partial charge in [0.15, 0.2) is 5.78 Å². The van der Waals surface area contributed by atoms with E-state index in [-0.39, 0.29) is 36.3 Å². The van der Waals surface area contributed by atoms with Crippen LogP contribution in [0.15, 0.2) is 30.3 Å². The lowest BCUT2D eigenvalue weighted by Gasteiger charge is -2.26. The summed E-state index contributed by atoms with van der Waals surface area (Å²) in [7, 11) is 0. The number of carbonyl (C=O) groups is 1. The van der Waals surface area contributed by atoms with Gasteiger partial charge in [-0.25, -0.2) is 0 Å². The molecule has 0 aliphatic heterocycles. The number of rotatable bonds is 5. The van der Waals surface area contributed by atoms with Crippen molar-refractivity contribution < 1.29 is 14.6 Å². The van der Waals surface area contributed by atoms with Gasteiger partial charge in [0.2, 0.25) is 0 Å². The van der Waals surface area contributed by atoms with Gasteiger partial charge in [-0.05, 0) is 57.2 Å². The Hall–Kier alpha value is -1.40. The summed E-state index contributed by atoms with van der Waals surface area (Å²) in [4.78, 5) is 15.2. The van der Waals surface area contributed by atoms with Crippen LogP contribution in [-0.4, -0.2) is 35.7 Å². The molecule has 4 rings (SSSR count). The quantitative estimate of drug-likeness (QED) is 0.763. The minimum Gasteiger partial charge on any atom is -0.487 e. The van der Waals surface area contributed by atoms with E-state index in [1.165, 1.54) is 9.75 Å². The predicted octanol–water partition coefficient (Wildman–Crippen LogP) is 4.09. The highest BCUT2D eigenvalue weighted by Crippen LogP contribution is 2.32. The number of carbonyl (C=O) groups excluding carboxylic acids is 1. The first-order valence-corrected chi connectivity index (χ1v) is 10.6. The lowest BCUT2D eigenvalue weighted by atomic mass is 9.87. The van der Waals surface area contributed by atoms with Crippen LogP contribution in [0.5, 0.6) is 5.75 Å². The second-order valence-electron chi connectivity index (χ2n) is 7.80. The molecule has 1 fully saturated rings. The van der Waals surface area contributed by atoms with Gasteiger partial charge in [0.25, 0.3) is 0 Å². The maximum Gasteiger partial charge on any atom is 0.168 e. The molecule has 0 bridgehead atoms. The number of hydrogen-bond donors (Lipinski definition) is 2. The van der Waals surface area contributed by atoms with Gasteiger partial charge in [-0.3, -0.25) is 4.79 Å². The van der Waals surface area contributed by atoms with Crippen molar-refractivity contribution in [2.75, 3.05) is 6.54 Å². The zero-order valence-corrected chi connectivity index (χ0v) is 17.9. The van der Waals surface area contributed by atoms with E-state index >= 15 is 0 Å². The van der Waals surface area contributed by atoms with E-state index in [2.05, 4.69) is 12.2 Å². The van der Waals surface area contributed by atoms with Crippen molar-refractivity contribution in [2.24, 2.45) is 5.92 Å². The van der Waals surface area contributed by atoms with Crippen LogP contribution < -0.4 is 10.1 Å². The first-order valence-electron chi connectivity index (χ1n) is 9.80. The summed E-state index contributed by atoms with van der Waals surface area (Å²) in [5.41, 5.74) is 2.00. The molecule has 28 heavy (non-hydrogen) atoms. The van der Waals surface area contributed by atoms with Gasteiger partial charge in [-0.2, -0.15) is 0 Å². The number of para-hydroxylation sites is 1. The fourth-order valence-electron chi connectivity index (χ4n) is 4.25. The number of fused-ring (bicyclic) bond motifs is 1. The predicted molar refractivity (Wildman–Crippen MR) is 115 cm³/mol. The molecule has 1 heterocycles. The summed E-state index contributed by atoms with van der Waals surface area (Å²) in [6.45, 7) is 4.71. The number of Topliss-reactive ketones (excluding diaryl/α,β-unsaturated/α-hetero) is 1. The molecular weight excluding hydrogens is 394 g/mol. The van der Waals surface area contributed by atoms with Crippen LogP contribution in [0.25, 0.3) is 0 Å². The van der Waals surface area contributed by atoms with Gasteiger partial charge in [0.05, 0.1) is 0 Å². The van der Waals surface area contributed by atoms with Gasteiger partial charge >= 0.3 is 0 Å². The van der Waals surface area contributed by atoms with Gasteiger partial charge in [-0.15, -0.1) is 23.7 Å². The van der Waals surface area contributed by atoms with Crippen molar-refractivity contribution in [3.63, 3.8) is 0 Å². The van der Waals surface area contributed by atoms with Gasteiger partial charge in [-0.1, -0.05) is 18.2 Å². The third kappa shape index (κ3) is 4.28. The minimum atomic E-state index is -0.553. The molecule has 6 heteroatoms. The number of halogens is 1. The van der Waals surface area contributed by atoms with Crippen molar-refractivity contribution in [3.8, 4) is 5.75 Å². The highest BCUT2D eigenvalue weighted by atomic mass is 35.5. The Morgan fingerprint density at radius 1 is 1.21 bits per heavy atom. The molecule has 2 N–H and O–H groups in total. The van der Waals surface area contributed by atoms with Crippen molar-refractivity contribution in [1.29, 1.82) is 0 Å². The molecular formula is C22H28ClNO3S. The number of hydrogen-bond acceptors (Lipinski definition) is 5. The maximum absolute atomic E-state index is 12.7. The summed E-state index contributed by atoms with van der Waals surface area (Å²) in [5, 5.41) is 14.1. The average Bonchev–Trinajstić information content (AvgIpc) is 3.20. The lowest BCUT2D eigenvalue weighted by molar-refractivity contribution is 0.0438. The first-order chi connectivity index (χ1) is 13.0. The monoisotopic (exact) mass is 421 g/mol. The average molecular weight is 422 g/mol. The van der Waals surface area contributed by atoms with Gasteiger partial charge < -0.3 is 15.2 Å². The van der Waals surface area contributed by atoms with E-state index in [0.29, 0.717) is 6.54 Å². The third-order valence-electron chi connectivity index (χ3n) is 5.84. The fourth-order valence-corrected chi connectivity index (χ4v) is 5.30. The molecule has 2 aliphatic rings. The highest BCUT2D eigenvalue weighted by molar-refractivity contribution is 7.12. The zero-order valence-electron chi connectivity index (χ0n) is 16.3. The van der Waals surface area contributed by atoms with Gasteiger partial charge in [0, 0.05) is 33.8 Å². The molecule has 4 nitrogen and oxygen atoms in total. The highest BCUT2D eigenvalue weighted by Gasteiger charge is 2.37. The molecule has 2 aromatic rings. The second-order valence-corrected chi connectivity index (χ2v) is 9.14. The maximum atomic E-state index is 12.7. The second kappa shape index (κ2) is 8.95. The van der Waals surface area contributed by atoms with Crippen molar-refractivity contribution in [1.82, 2.24) is 5.32 Å². The standard InChI is InChI=1S/C22H27NO3S.ClH/c1-13-5-3-4-6-18(13)26-19-9-8-17(22(19)25)23-12-15-7-10-20-16(21(15)24)11-14(2)27-20;/h3-6,11,15,17,19,22-23,25H,7-10,12H2,1-2H3;1H/t15?,17-,19-,22+;/m1./s1. The molecule has 1 unspecified atom stereocenters. The van der Waals surface area contributed by atoms with E-state index in [0.717, 1.165) is 42.6 Å². The summed E-state index contributed by atoms with van der Waals surface area (Å²) >= 11 is 1.74. The van der Waals surface area contributed by atoms with Crippen molar-refractivity contribution in [2.45, 2.75) is 57.8 Å². The van der Waals surface area contributed by atoms with E-state index in [1.807, 2.05) is 37.3 Å². The lowest BCUT2D eigenvalue weighted by Crippen LogP contribution is -2.44. The summed E-state index contributed by atoms with van der Waals surface area (Å²) < 4.78 is 6.06. The number of aliphatic hydroxyl groups is 1. The van der Waals surface area contributed by atoms with Crippen LogP contribution in [0.3, 0.4) is 0 Å². The summed E-state index contributed by atoms with van der Waals surface area (Å²) in [5.74, 6) is 1.10. The van der Waals surface area contributed by atoms with Crippen LogP contribution >= 0.6 is 23.7 Å². The molecule has 0 amide bonds. The van der Waals surface area contributed by atoms with E-state index in [4.69, 9.17) is 4.74 Å². The van der Waals surface area contributed by atoms with Gasteiger partial charge in [0.1, 0.15) is 18.0 Å². The van der Waals surface area contributed by atoms with E-state index in [1.54, 1.807) is 11.3 Å². The number of thiophene rings is 1. The van der Waals surface area contributed by atoms with E-state index < -0.39 is 6.10 Å². The first kappa shape index (κ1) is 21.3. The van der Waals surface area contributed by atoms with Crippen LogP contribution in [-0.2, 0) is 6.42 Å². The number of benzene rings is 1. The van der Waals surface area contributed by atoms with Crippen LogP contribution in [0.4, 0.5) is 0 Å². The molecule has 152 valence electrons. The minimum absolute atomic E-state index is 0. The Balaban J connectivity index is 0.00000225. The third-order valence-corrected chi connectivity index (χ3v) is 6.95. The zero-order chi connectivity index (χ0) is 19.0. The van der Waals surface area contributed by atoms with E-state index in [9.17, 15) is 9.90 Å². The number of ether oxygens (including phenoxy) is 1. The molecule has 4 atom stereocenters. The smallest absolute Gasteiger partial charge is 0.168 e. The normalized spacial score (nSPS) is 26.6. The number of aliphatic hydroxyl groups excluding tert-OH is 1. The van der Waals surface area contributed by atoms with Crippen LogP contribution in [0.1, 0.15) is 44.9 Å². The SMILES string of the molecule is Cc1cc2c(s1)CCC(CN[C@@H]1CC[C@@H](Oc3ccccc3C)[C@H]1O)C2=O.Cl. The van der Waals surface area contributed by atoms with Crippen LogP contribution in [0.2, 0.25) is 0 Å². The number of aryl methyl sites for hydroxylation is 3. The Morgan fingerprint density at radius 2 is 2.00 bits per heavy atom. The fraction of sp³-hybridized carbons (Fsp3) is 0.500. The molecule has 0 saturated heterocycles. The Kier molecular flexibility index (Phi) is 6.81. The number of nitrogens with one attached hydrogen (secondary N) is 1. The summed E-state index contributed by atoms with van der Waals surface area (Å²) in [6, 6.07) is 9.92. The molecule has 2 aliphatic carbocycles. The number of ketones is 1. The Morgan fingerprint density at radius 3 is 2.79 bits per heavy atom. The van der Waals surface area contributed by atoms with Crippen LogP contribution in [0, 0.1) is 19.8 Å². The molecule has 1 aromatic carbocycles. The largest absolute Gasteiger partial charge is 0.487 e. The molecule has 1 aromatic heterocycles. The Labute approximate surface area is 176 Å². The van der Waals surface area contributed by atoms with Crippen molar-refractivity contribution in [3.05, 3.63) is 51.2 Å². The Bertz CT molecular complexity index is 837. The topological polar surface area (TPSA) is 58.6 Å². The molecule has 1 saturated carbocycles. The van der Waals surface area contributed by atoms with Crippen molar-refractivity contribution >= 4 is 29.5 Å². The molecule has 0 radical (unpaired) electrons.